The largest absolute Gasteiger partial charge is 0.497 e. The van der Waals surface area contributed by atoms with Gasteiger partial charge in [0.15, 0.2) is 11.6 Å². The third kappa shape index (κ3) is 5.84. The quantitative estimate of drug-likeness (QED) is 0.349. The third-order valence-corrected chi connectivity index (χ3v) is 5.53. The molecule has 4 aromatic rings. The zero-order chi connectivity index (χ0) is 24.6. The van der Waals surface area contributed by atoms with Crippen LogP contribution in [0, 0.1) is 5.82 Å². The van der Waals surface area contributed by atoms with Gasteiger partial charge in [-0.05, 0) is 60.9 Å². The first-order valence-corrected chi connectivity index (χ1v) is 11.4. The zero-order valence-corrected chi connectivity index (χ0v) is 19.7. The highest BCUT2D eigenvalue weighted by Crippen LogP contribution is 2.33. The van der Waals surface area contributed by atoms with Gasteiger partial charge in [-0.25, -0.2) is 9.07 Å². The fraction of sp³-hybridized carbons (Fsp3) is 0.222. The molecule has 0 spiro atoms. The van der Waals surface area contributed by atoms with Crippen LogP contribution in [0.25, 0.3) is 5.69 Å². The second-order valence-corrected chi connectivity index (χ2v) is 7.86. The van der Waals surface area contributed by atoms with Crippen LogP contribution in [0.2, 0.25) is 0 Å². The number of ether oxygens (including phenoxy) is 2. The number of pyridine rings is 1. The maximum absolute atomic E-state index is 14.5. The standard InChI is InChI=1S/C27H27FN4O3/c1-3-24-22(14-15-26(33)30-18-19-7-6-16-29-17-19)27(35-25-9-5-4-8-23(25)28)32(31-24)20-10-12-21(34-2)13-11-20/h4-13,16-17H,3,14-15,18H2,1-2H3,(H,30,33). The minimum atomic E-state index is -0.479. The molecule has 2 heterocycles. The molecular weight excluding hydrogens is 447 g/mol. The Kier molecular flexibility index (Phi) is 7.72. The molecule has 35 heavy (non-hydrogen) atoms. The zero-order valence-electron chi connectivity index (χ0n) is 19.7. The van der Waals surface area contributed by atoms with Gasteiger partial charge < -0.3 is 14.8 Å². The molecule has 180 valence electrons. The maximum Gasteiger partial charge on any atom is 0.226 e. The fourth-order valence-electron chi connectivity index (χ4n) is 3.68. The molecule has 0 saturated heterocycles. The van der Waals surface area contributed by atoms with Gasteiger partial charge in [0.25, 0.3) is 0 Å². The van der Waals surface area contributed by atoms with Gasteiger partial charge in [-0.2, -0.15) is 5.10 Å². The van der Waals surface area contributed by atoms with Crippen molar-refractivity contribution < 1.29 is 18.7 Å². The summed E-state index contributed by atoms with van der Waals surface area (Å²) in [5.74, 6) is 0.598. The number of hydrogen-bond donors (Lipinski definition) is 1. The van der Waals surface area contributed by atoms with Crippen LogP contribution in [0.5, 0.6) is 17.4 Å². The average molecular weight is 475 g/mol. The molecule has 2 aromatic carbocycles. The van der Waals surface area contributed by atoms with E-state index in [4.69, 9.17) is 14.6 Å². The summed E-state index contributed by atoms with van der Waals surface area (Å²) >= 11 is 0. The van der Waals surface area contributed by atoms with Crippen molar-refractivity contribution in [3.63, 3.8) is 0 Å². The Morgan fingerprint density at radius 1 is 1.09 bits per heavy atom. The number of para-hydroxylation sites is 1. The minimum Gasteiger partial charge on any atom is -0.497 e. The molecule has 2 aromatic heterocycles. The molecule has 0 radical (unpaired) electrons. The summed E-state index contributed by atoms with van der Waals surface area (Å²) in [6.07, 6.45) is 4.66. The van der Waals surface area contributed by atoms with E-state index in [1.165, 1.54) is 6.07 Å². The van der Waals surface area contributed by atoms with E-state index in [0.717, 1.165) is 22.5 Å². The molecule has 8 heteroatoms. The summed E-state index contributed by atoms with van der Waals surface area (Å²) in [6.45, 7) is 2.39. The van der Waals surface area contributed by atoms with Crippen molar-refractivity contribution in [1.29, 1.82) is 0 Å². The Bertz CT molecular complexity index is 1270. The van der Waals surface area contributed by atoms with Crippen LogP contribution in [0.1, 0.15) is 30.2 Å². The van der Waals surface area contributed by atoms with Crippen molar-refractivity contribution in [1.82, 2.24) is 20.1 Å². The molecule has 0 saturated carbocycles. The highest BCUT2D eigenvalue weighted by Gasteiger charge is 2.22. The molecular formula is C27H27FN4O3. The van der Waals surface area contributed by atoms with Crippen LogP contribution in [-0.4, -0.2) is 27.8 Å². The smallest absolute Gasteiger partial charge is 0.226 e. The van der Waals surface area contributed by atoms with Crippen molar-refractivity contribution >= 4 is 5.91 Å². The van der Waals surface area contributed by atoms with Crippen molar-refractivity contribution in [2.45, 2.75) is 32.7 Å². The first kappa shape index (κ1) is 23.9. The van der Waals surface area contributed by atoms with E-state index in [9.17, 15) is 9.18 Å². The van der Waals surface area contributed by atoms with Crippen LogP contribution in [-0.2, 0) is 24.2 Å². The predicted molar refractivity (Wildman–Crippen MR) is 130 cm³/mol. The molecule has 1 amide bonds. The van der Waals surface area contributed by atoms with Crippen molar-refractivity contribution in [3.8, 4) is 23.1 Å². The Morgan fingerprint density at radius 3 is 2.57 bits per heavy atom. The summed E-state index contributed by atoms with van der Waals surface area (Å²) in [6, 6.07) is 17.3. The number of methoxy groups -OCH3 is 1. The normalized spacial score (nSPS) is 10.7. The molecule has 4 rings (SSSR count). The number of nitrogens with zero attached hydrogens (tertiary/aromatic N) is 3. The van der Waals surface area contributed by atoms with Crippen LogP contribution in [0.15, 0.2) is 73.1 Å². The van der Waals surface area contributed by atoms with E-state index in [2.05, 4.69) is 10.3 Å². The molecule has 0 aliphatic heterocycles. The lowest BCUT2D eigenvalue weighted by Crippen LogP contribution is -2.23. The van der Waals surface area contributed by atoms with E-state index in [1.54, 1.807) is 42.4 Å². The highest BCUT2D eigenvalue weighted by molar-refractivity contribution is 5.76. The predicted octanol–water partition coefficient (Wildman–Crippen LogP) is 5.02. The summed E-state index contributed by atoms with van der Waals surface area (Å²) in [5, 5.41) is 7.66. The molecule has 0 fully saturated rings. The number of amides is 1. The van der Waals surface area contributed by atoms with Gasteiger partial charge in [0.1, 0.15) is 5.75 Å². The second-order valence-electron chi connectivity index (χ2n) is 7.86. The van der Waals surface area contributed by atoms with Crippen molar-refractivity contribution in [2.75, 3.05) is 7.11 Å². The van der Waals surface area contributed by atoms with Crippen molar-refractivity contribution in [2.24, 2.45) is 0 Å². The lowest BCUT2D eigenvalue weighted by molar-refractivity contribution is -0.121. The number of aromatic nitrogens is 3. The molecule has 0 aliphatic carbocycles. The van der Waals surface area contributed by atoms with Gasteiger partial charge in [-0.3, -0.25) is 9.78 Å². The average Bonchev–Trinajstić information content (AvgIpc) is 3.25. The maximum atomic E-state index is 14.5. The SMILES string of the molecule is CCc1nn(-c2ccc(OC)cc2)c(Oc2ccccc2F)c1CCC(=O)NCc1cccnc1. The summed E-state index contributed by atoms with van der Waals surface area (Å²) in [4.78, 5) is 16.6. The van der Waals surface area contributed by atoms with E-state index in [0.29, 0.717) is 31.0 Å². The van der Waals surface area contributed by atoms with E-state index in [-0.39, 0.29) is 18.1 Å². The van der Waals surface area contributed by atoms with Gasteiger partial charge >= 0.3 is 0 Å². The lowest BCUT2D eigenvalue weighted by Gasteiger charge is -2.12. The topological polar surface area (TPSA) is 78.3 Å². The summed E-state index contributed by atoms with van der Waals surface area (Å²) in [7, 11) is 1.60. The summed E-state index contributed by atoms with van der Waals surface area (Å²) < 4.78 is 27.4. The number of carbonyl (C=O) groups excluding carboxylic acids is 1. The second kappa shape index (κ2) is 11.3. The van der Waals surface area contributed by atoms with Gasteiger partial charge in [0.2, 0.25) is 11.8 Å². The van der Waals surface area contributed by atoms with E-state index in [1.807, 2.05) is 43.3 Å². The number of benzene rings is 2. The molecule has 0 bridgehead atoms. The number of hydrogen-bond acceptors (Lipinski definition) is 5. The fourth-order valence-corrected chi connectivity index (χ4v) is 3.68. The summed E-state index contributed by atoms with van der Waals surface area (Å²) in [5.41, 5.74) is 3.21. The molecule has 0 aliphatic rings. The number of nitrogens with one attached hydrogen (secondary N) is 1. The van der Waals surface area contributed by atoms with Gasteiger partial charge in [-0.1, -0.05) is 25.1 Å². The van der Waals surface area contributed by atoms with Crippen LogP contribution in [0.3, 0.4) is 0 Å². The number of aryl methyl sites for hydroxylation is 1. The first-order chi connectivity index (χ1) is 17.1. The molecule has 0 unspecified atom stereocenters. The Morgan fingerprint density at radius 2 is 1.89 bits per heavy atom. The Labute approximate surface area is 203 Å². The van der Waals surface area contributed by atoms with E-state index < -0.39 is 5.82 Å². The van der Waals surface area contributed by atoms with Crippen LogP contribution >= 0.6 is 0 Å². The van der Waals surface area contributed by atoms with Gasteiger partial charge in [0, 0.05) is 30.9 Å². The van der Waals surface area contributed by atoms with Crippen molar-refractivity contribution in [3.05, 3.63) is 95.7 Å². The van der Waals surface area contributed by atoms with Gasteiger partial charge in [-0.15, -0.1) is 0 Å². The lowest BCUT2D eigenvalue weighted by atomic mass is 10.1. The first-order valence-electron chi connectivity index (χ1n) is 11.4. The van der Waals surface area contributed by atoms with E-state index >= 15 is 0 Å². The number of carbonyl (C=O) groups is 1. The third-order valence-electron chi connectivity index (χ3n) is 5.53. The van der Waals surface area contributed by atoms with Crippen LogP contribution in [0.4, 0.5) is 4.39 Å². The monoisotopic (exact) mass is 474 g/mol. The molecule has 1 N–H and O–H groups in total. The Hall–Kier alpha value is -4.20. The highest BCUT2D eigenvalue weighted by atomic mass is 19.1. The van der Waals surface area contributed by atoms with Gasteiger partial charge in [0.05, 0.1) is 18.5 Å². The Balaban J connectivity index is 1.61. The molecule has 7 nitrogen and oxygen atoms in total. The van der Waals surface area contributed by atoms with Crippen LogP contribution < -0.4 is 14.8 Å². The number of rotatable bonds is 10. The molecule has 0 atom stereocenters. The number of halogens is 1. The minimum absolute atomic E-state index is 0.0899.